The number of hydrogen-bond acceptors (Lipinski definition) is 1. The number of hydrogen-bond donors (Lipinski definition) is 1. The molecule has 0 amide bonds. The van der Waals surface area contributed by atoms with Gasteiger partial charge in [0.15, 0.2) is 0 Å². The lowest BCUT2D eigenvalue weighted by molar-refractivity contribution is 1.61. The second kappa shape index (κ2) is 4.13. The van der Waals surface area contributed by atoms with Crippen LogP contribution in [0.1, 0.15) is 0 Å². The van der Waals surface area contributed by atoms with E-state index in [1.54, 1.807) is 12.1 Å². The van der Waals surface area contributed by atoms with Gasteiger partial charge < -0.3 is 5.73 Å². The maximum Gasteiger partial charge on any atom is 0.0485 e. The molecule has 0 aromatic heterocycles. The van der Waals surface area contributed by atoms with Crippen molar-refractivity contribution in [2.24, 2.45) is 0 Å². The molecule has 0 fully saturated rings. The molecule has 0 spiro atoms. The number of nitrogen functional groups attached to an aromatic ring is 1. The Hall–Kier alpha value is -1.18. The van der Waals surface area contributed by atoms with Gasteiger partial charge in [-0.3, -0.25) is 0 Å². The number of nitrogens with two attached hydrogens (primary N) is 1. The average molecular weight is 238 g/mol. The summed E-state index contributed by atoms with van der Waals surface area (Å²) in [7, 11) is 0. The van der Waals surface area contributed by atoms with E-state index in [1.807, 2.05) is 30.3 Å². The lowest BCUT2D eigenvalue weighted by Gasteiger charge is -2.07. The van der Waals surface area contributed by atoms with Gasteiger partial charge in [0, 0.05) is 26.9 Å². The van der Waals surface area contributed by atoms with Crippen molar-refractivity contribution in [1.29, 1.82) is 0 Å². The molecule has 0 aliphatic carbocycles. The lowest BCUT2D eigenvalue weighted by Crippen LogP contribution is -1.90. The van der Waals surface area contributed by atoms with Crippen molar-refractivity contribution in [3.05, 3.63) is 52.5 Å². The van der Waals surface area contributed by atoms with Crippen molar-refractivity contribution < 1.29 is 0 Å². The Morgan fingerprint density at radius 3 is 2.33 bits per heavy atom. The second-order valence-corrected chi connectivity index (χ2v) is 4.06. The summed E-state index contributed by atoms with van der Waals surface area (Å²) in [6.45, 7) is 0. The molecule has 15 heavy (non-hydrogen) atoms. The first-order valence-corrected chi connectivity index (χ1v) is 5.24. The molecule has 0 atom stereocenters. The predicted octanol–water partition coefficient (Wildman–Crippen LogP) is 4.24. The molecular weight excluding hydrogens is 229 g/mol. The smallest absolute Gasteiger partial charge is 0.0485 e. The Bertz CT molecular complexity index is 495. The molecule has 0 bridgehead atoms. The summed E-state index contributed by atoms with van der Waals surface area (Å²) in [5.74, 6) is 0. The minimum Gasteiger partial charge on any atom is -0.398 e. The highest BCUT2D eigenvalue weighted by molar-refractivity contribution is 6.34. The van der Waals surface area contributed by atoms with Crippen LogP contribution in [-0.4, -0.2) is 0 Å². The van der Waals surface area contributed by atoms with Gasteiger partial charge in [0.2, 0.25) is 0 Å². The van der Waals surface area contributed by atoms with Gasteiger partial charge in [-0.25, -0.2) is 0 Å². The number of rotatable bonds is 1. The molecule has 0 saturated heterocycles. The highest BCUT2D eigenvalue weighted by atomic mass is 35.5. The normalized spacial score (nSPS) is 10.3. The Morgan fingerprint density at radius 2 is 1.60 bits per heavy atom. The topological polar surface area (TPSA) is 26.0 Å². The van der Waals surface area contributed by atoms with Gasteiger partial charge >= 0.3 is 0 Å². The Morgan fingerprint density at radius 1 is 0.867 bits per heavy atom. The molecule has 0 unspecified atom stereocenters. The van der Waals surface area contributed by atoms with Gasteiger partial charge in [-0.05, 0) is 24.3 Å². The zero-order valence-electron chi connectivity index (χ0n) is 7.87. The van der Waals surface area contributed by atoms with Crippen LogP contribution in [0.15, 0.2) is 42.5 Å². The standard InChI is InChI=1S/C12H9Cl2N/c13-8-5-6-12(15)10(7-8)9-3-1-2-4-11(9)14/h1-7H,15H2. The van der Waals surface area contributed by atoms with E-state index in [-0.39, 0.29) is 0 Å². The van der Waals surface area contributed by atoms with E-state index in [0.29, 0.717) is 15.7 Å². The van der Waals surface area contributed by atoms with Crippen LogP contribution >= 0.6 is 23.2 Å². The molecule has 2 aromatic carbocycles. The molecule has 2 rings (SSSR count). The van der Waals surface area contributed by atoms with E-state index in [4.69, 9.17) is 28.9 Å². The second-order valence-electron chi connectivity index (χ2n) is 3.21. The predicted molar refractivity (Wildman–Crippen MR) is 66.3 cm³/mol. The van der Waals surface area contributed by atoms with Gasteiger partial charge in [-0.2, -0.15) is 0 Å². The van der Waals surface area contributed by atoms with Gasteiger partial charge in [0.05, 0.1) is 0 Å². The molecule has 0 saturated carbocycles. The first kappa shape index (κ1) is 10.3. The summed E-state index contributed by atoms with van der Waals surface area (Å²) in [4.78, 5) is 0. The maximum atomic E-state index is 6.08. The maximum absolute atomic E-state index is 6.08. The largest absolute Gasteiger partial charge is 0.398 e. The Kier molecular flexibility index (Phi) is 2.85. The number of anilines is 1. The summed E-state index contributed by atoms with van der Waals surface area (Å²) in [5.41, 5.74) is 8.32. The minimum absolute atomic E-state index is 0.652. The molecule has 2 N–H and O–H groups in total. The fourth-order valence-electron chi connectivity index (χ4n) is 1.44. The Labute approximate surface area is 98.4 Å². The molecular formula is C12H9Cl2N. The molecule has 3 heteroatoms. The minimum atomic E-state index is 0.652. The molecule has 1 nitrogen and oxygen atoms in total. The molecule has 0 aliphatic rings. The zero-order chi connectivity index (χ0) is 10.8. The summed E-state index contributed by atoms with van der Waals surface area (Å²) < 4.78 is 0. The fourth-order valence-corrected chi connectivity index (χ4v) is 1.85. The quantitative estimate of drug-likeness (QED) is 0.738. The molecule has 76 valence electrons. The van der Waals surface area contributed by atoms with Crippen molar-refractivity contribution in [2.45, 2.75) is 0 Å². The number of halogens is 2. The van der Waals surface area contributed by atoms with Crippen molar-refractivity contribution in [3.8, 4) is 11.1 Å². The van der Waals surface area contributed by atoms with Crippen molar-refractivity contribution >= 4 is 28.9 Å². The van der Waals surface area contributed by atoms with Crippen molar-refractivity contribution in [3.63, 3.8) is 0 Å². The van der Waals surface area contributed by atoms with E-state index in [2.05, 4.69) is 0 Å². The number of benzene rings is 2. The summed E-state index contributed by atoms with van der Waals surface area (Å²) in [6, 6.07) is 12.9. The summed E-state index contributed by atoms with van der Waals surface area (Å²) >= 11 is 12.0. The van der Waals surface area contributed by atoms with Crippen molar-refractivity contribution in [2.75, 3.05) is 5.73 Å². The first-order valence-electron chi connectivity index (χ1n) is 4.48. The summed E-state index contributed by atoms with van der Waals surface area (Å²) in [5, 5.41) is 1.32. The van der Waals surface area contributed by atoms with E-state index >= 15 is 0 Å². The molecule has 2 aromatic rings. The zero-order valence-corrected chi connectivity index (χ0v) is 9.39. The van der Waals surface area contributed by atoms with Crippen molar-refractivity contribution in [1.82, 2.24) is 0 Å². The van der Waals surface area contributed by atoms with E-state index < -0.39 is 0 Å². The average Bonchev–Trinajstić information content (AvgIpc) is 2.23. The van der Waals surface area contributed by atoms with Gasteiger partial charge in [0.25, 0.3) is 0 Å². The van der Waals surface area contributed by atoms with E-state index in [9.17, 15) is 0 Å². The lowest BCUT2D eigenvalue weighted by atomic mass is 10.0. The fraction of sp³-hybridized carbons (Fsp3) is 0. The van der Waals surface area contributed by atoms with Crippen LogP contribution in [0.25, 0.3) is 11.1 Å². The van der Waals surface area contributed by atoms with E-state index in [1.165, 1.54) is 0 Å². The molecule has 0 radical (unpaired) electrons. The highest BCUT2D eigenvalue weighted by Gasteiger charge is 2.06. The van der Waals surface area contributed by atoms with Gasteiger partial charge in [-0.1, -0.05) is 41.4 Å². The molecule has 0 aliphatic heterocycles. The van der Waals surface area contributed by atoms with Crippen LogP contribution in [0, 0.1) is 0 Å². The third kappa shape index (κ3) is 2.09. The van der Waals surface area contributed by atoms with Crippen LogP contribution in [0.3, 0.4) is 0 Å². The van der Waals surface area contributed by atoms with Crippen LogP contribution in [0.5, 0.6) is 0 Å². The monoisotopic (exact) mass is 237 g/mol. The SMILES string of the molecule is Nc1ccc(Cl)cc1-c1ccccc1Cl. The Balaban J connectivity index is 2.64. The van der Waals surface area contributed by atoms with E-state index in [0.717, 1.165) is 11.1 Å². The summed E-state index contributed by atoms with van der Waals surface area (Å²) in [6.07, 6.45) is 0. The van der Waals surface area contributed by atoms with Crippen LogP contribution in [-0.2, 0) is 0 Å². The third-order valence-corrected chi connectivity index (χ3v) is 2.74. The van der Waals surface area contributed by atoms with Crippen LogP contribution in [0.2, 0.25) is 10.0 Å². The van der Waals surface area contributed by atoms with Crippen LogP contribution in [0.4, 0.5) is 5.69 Å². The third-order valence-electron chi connectivity index (χ3n) is 2.18. The first-order chi connectivity index (χ1) is 7.18. The van der Waals surface area contributed by atoms with Gasteiger partial charge in [0.1, 0.15) is 0 Å². The highest BCUT2D eigenvalue weighted by Crippen LogP contribution is 2.33. The van der Waals surface area contributed by atoms with Crippen LogP contribution < -0.4 is 5.73 Å². The van der Waals surface area contributed by atoms with Gasteiger partial charge in [-0.15, -0.1) is 0 Å². The molecule has 0 heterocycles.